The molecule has 5 rings (SSSR count). The van der Waals surface area contributed by atoms with Gasteiger partial charge in [-0.2, -0.15) is 0 Å². The fraction of sp³-hybridized carbons (Fsp3) is 0.389. The number of halogens is 2. The molecule has 1 fully saturated rings. The van der Waals surface area contributed by atoms with E-state index in [0.717, 1.165) is 61.8 Å². The van der Waals surface area contributed by atoms with Crippen molar-refractivity contribution in [1.29, 1.82) is 0 Å². The van der Waals surface area contributed by atoms with Crippen LogP contribution in [0.5, 0.6) is 11.5 Å². The SMILES string of the molecule is CCCCN1CCC(n2ccc3cc(C(=O)Nc4ccc(Oc5cc(F)c(NC(=O)NC(CC)CC)cc5F)cc4)ccc32)CC1. The van der Waals surface area contributed by atoms with Gasteiger partial charge in [0.2, 0.25) is 0 Å². The number of nitrogens with zero attached hydrogens (tertiary/aromatic N) is 2. The van der Waals surface area contributed by atoms with Crippen molar-refractivity contribution < 1.29 is 23.1 Å². The van der Waals surface area contributed by atoms with E-state index in [2.05, 4.69) is 44.6 Å². The number of benzene rings is 3. The Labute approximate surface area is 269 Å². The predicted octanol–water partition coefficient (Wildman–Crippen LogP) is 8.71. The minimum atomic E-state index is -0.835. The van der Waals surface area contributed by atoms with Gasteiger partial charge in [-0.15, -0.1) is 0 Å². The Balaban J connectivity index is 1.17. The molecule has 0 atom stereocenters. The Bertz CT molecular complexity index is 1640. The first-order valence-electron chi connectivity index (χ1n) is 16.3. The third kappa shape index (κ3) is 8.04. The number of hydrogen-bond acceptors (Lipinski definition) is 4. The standard InChI is InChI=1S/C36H43F2N5O3/c1-4-7-17-42-18-15-28(16-19-42)43-20-14-24-21-25(8-13-33(24)43)35(44)39-27-9-11-29(12-10-27)46-34-23-30(37)32(22-31(34)38)41-36(45)40-26(5-2)6-3/h8-14,20-23,26,28H,4-7,15-19H2,1-3H3,(H,39,44)(H2,40,41,45). The van der Waals surface area contributed by atoms with E-state index in [4.69, 9.17) is 4.74 Å². The summed E-state index contributed by atoms with van der Waals surface area (Å²) in [5, 5.41) is 8.98. The number of carbonyl (C=O) groups excluding carboxylic acids is 2. The van der Waals surface area contributed by atoms with Gasteiger partial charge >= 0.3 is 6.03 Å². The Hall–Kier alpha value is -4.44. The molecule has 0 spiro atoms. The average molecular weight is 632 g/mol. The van der Waals surface area contributed by atoms with E-state index in [-0.39, 0.29) is 29.1 Å². The minimum absolute atomic E-state index is 0.0620. The molecule has 1 saturated heterocycles. The van der Waals surface area contributed by atoms with Crippen molar-refractivity contribution in [3.8, 4) is 11.5 Å². The molecule has 1 aliphatic rings. The van der Waals surface area contributed by atoms with Crippen LogP contribution in [-0.2, 0) is 0 Å². The molecule has 3 aromatic carbocycles. The molecule has 46 heavy (non-hydrogen) atoms. The molecule has 0 bridgehead atoms. The Morgan fingerprint density at radius 2 is 1.65 bits per heavy atom. The second-order valence-electron chi connectivity index (χ2n) is 11.9. The lowest BCUT2D eigenvalue weighted by molar-refractivity contribution is 0.102. The molecular weight excluding hydrogens is 588 g/mol. The van der Waals surface area contributed by atoms with Crippen LogP contribution in [0, 0.1) is 11.6 Å². The first-order valence-corrected chi connectivity index (χ1v) is 16.3. The lowest BCUT2D eigenvalue weighted by atomic mass is 10.0. The van der Waals surface area contributed by atoms with Crippen molar-refractivity contribution in [1.82, 2.24) is 14.8 Å². The van der Waals surface area contributed by atoms with Gasteiger partial charge in [-0.1, -0.05) is 27.2 Å². The number of carbonyl (C=O) groups is 2. The molecule has 0 unspecified atom stereocenters. The Morgan fingerprint density at radius 3 is 2.35 bits per heavy atom. The molecule has 244 valence electrons. The van der Waals surface area contributed by atoms with Crippen LogP contribution in [0.4, 0.5) is 25.0 Å². The lowest BCUT2D eigenvalue weighted by Gasteiger charge is -2.33. The van der Waals surface area contributed by atoms with Crippen LogP contribution < -0.4 is 20.7 Å². The highest BCUT2D eigenvalue weighted by Crippen LogP contribution is 2.31. The van der Waals surface area contributed by atoms with Crippen LogP contribution in [0.15, 0.2) is 66.9 Å². The van der Waals surface area contributed by atoms with Gasteiger partial charge in [0.1, 0.15) is 5.75 Å². The maximum Gasteiger partial charge on any atom is 0.319 e. The number of amides is 3. The van der Waals surface area contributed by atoms with E-state index in [1.807, 2.05) is 32.0 Å². The number of hydrogen-bond donors (Lipinski definition) is 3. The number of piperidine rings is 1. The third-order valence-electron chi connectivity index (χ3n) is 8.69. The summed E-state index contributed by atoms with van der Waals surface area (Å²) in [5.74, 6) is -2.00. The van der Waals surface area contributed by atoms with E-state index in [9.17, 15) is 18.4 Å². The van der Waals surface area contributed by atoms with Crippen molar-refractivity contribution in [2.75, 3.05) is 30.3 Å². The summed E-state index contributed by atoms with van der Waals surface area (Å²) in [5.41, 5.74) is 1.91. The third-order valence-corrected chi connectivity index (χ3v) is 8.69. The molecule has 3 amide bonds. The highest BCUT2D eigenvalue weighted by atomic mass is 19.1. The topological polar surface area (TPSA) is 87.6 Å². The number of ether oxygens (including phenoxy) is 1. The zero-order valence-corrected chi connectivity index (χ0v) is 26.7. The van der Waals surface area contributed by atoms with Crippen LogP contribution in [0.1, 0.15) is 75.7 Å². The smallest absolute Gasteiger partial charge is 0.319 e. The van der Waals surface area contributed by atoms with E-state index in [1.54, 1.807) is 24.3 Å². The average Bonchev–Trinajstić information content (AvgIpc) is 3.49. The van der Waals surface area contributed by atoms with Gasteiger partial charge in [-0.25, -0.2) is 13.6 Å². The number of urea groups is 1. The van der Waals surface area contributed by atoms with E-state index < -0.39 is 17.7 Å². The monoisotopic (exact) mass is 631 g/mol. The molecular formula is C36H43F2N5O3. The van der Waals surface area contributed by atoms with Crippen LogP contribution in [-0.4, -0.2) is 47.1 Å². The zero-order valence-electron chi connectivity index (χ0n) is 26.7. The number of rotatable bonds is 12. The van der Waals surface area contributed by atoms with Crippen LogP contribution in [0.3, 0.4) is 0 Å². The fourth-order valence-corrected chi connectivity index (χ4v) is 5.90. The van der Waals surface area contributed by atoms with Crippen LogP contribution in [0.2, 0.25) is 0 Å². The number of unbranched alkanes of at least 4 members (excludes halogenated alkanes) is 1. The molecule has 10 heteroatoms. The normalized spacial score (nSPS) is 14.0. The summed E-state index contributed by atoms with van der Waals surface area (Å²) in [4.78, 5) is 27.8. The predicted molar refractivity (Wildman–Crippen MR) is 179 cm³/mol. The van der Waals surface area contributed by atoms with Gasteiger partial charge in [0.05, 0.1) is 5.69 Å². The van der Waals surface area contributed by atoms with Gasteiger partial charge in [-0.3, -0.25) is 4.79 Å². The van der Waals surface area contributed by atoms with E-state index in [1.165, 1.54) is 19.4 Å². The van der Waals surface area contributed by atoms with Crippen molar-refractivity contribution in [3.05, 3.63) is 84.1 Å². The van der Waals surface area contributed by atoms with Crippen molar-refractivity contribution in [2.45, 2.75) is 71.4 Å². The van der Waals surface area contributed by atoms with Gasteiger partial charge in [0.15, 0.2) is 17.4 Å². The second kappa shape index (κ2) is 15.2. The Kier molecular flexibility index (Phi) is 10.9. The number of aromatic nitrogens is 1. The van der Waals surface area contributed by atoms with Crippen molar-refractivity contribution in [2.24, 2.45) is 0 Å². The maximum atomic E-state index is 14.8. The van der Waals surface area contributed by atoms with Crippen molar-refractivity contribution in [3.63, 3.8) is 0 Å². The summed E-state index contributed by atoms with van der Waals surface area (Å²) < 4.78 is 37.3. The summed E-state index contributed by atoms with van der Waals surface area (Å²) in [6.07, 6.45) is 8.28. The van der Waals surface area contributed by atoms with Gasteiger partial charge in [0, 0.05) is 65.7 Å². The molecule has 4 aromatic rings. The van der Waals surface area contributed by atoms with Crippen molar-refractivity contribution >= 4 is 34.2 Å². The fourth-order valence-electron chi connectivity index (χ4n) is 5.90. The van der Waals surface area contributed by atoms with E-state index in [0.29, 0.717) is 17.3 Å². The molecule has 2 heterocycles. The summed E-state index contributed by atoms with van der Waals surface area (Å²) in [6.45, 7) is 9.49. The summed E-state index contributed by atoms with van der Waals surface area (Å²) >= 11 is 0. The lowest BCUT2D eigenvalue weighted by Crippen LogP contribution is -2.37. The quantitative estimate of drug-likeness (QED) is 0.146. The molecule has 1 aromatic heterocycles. The second-order valence-corrected chi connectivity index (χ2v) is 11.9. The molecule has 0 saturated carbocycles. The molecule has 0 radical (unpaired) electrons. The zero-order chi connectivity index (χ0) is 32.6. The van der Waals surface area contributed by atoms with Gasteiger partial charge in [-0.05, 0) is 87.2 Å². The van der Waals surface area contributed by atoms with E-state index >= 15 is 0 Å². The highest BCUT2D eigenvalue weighted by Gasteiger charge is 2.21. The maximum absolute atomic E-state index is 14.8. The number of fused-ring (bicyclic) bond motifs is 1. The molecule has 3 N–H and O–H groups in total. The number of anilines is 2. The molecule has 0 aliphatic carbocycles. The summed E-state index contributed by atoms with van der Waals surface area (Å²) in [6, 6.07) is 15.7. The highest BCUT2D eigenvalue weighted by molar-refractivity contribution is 6.06. The Morgan fingerprint density at radius 1 is 0.913 bits per heavy atom. The molecule has 1 aliphatic heterocycles. The number of nitrogens with one attached hydrogen (secondary N) is 3. The first kappa shape index (κ1) is 32.9. The minimum Gasteiger partial charge on any atom is -0.454 e. The molecule has 8 nitrogen and oxygen atoms in total. The summed E-state index contributed by atoms with van der Waals surface area (Å²) in [7, 11) is 0. The van der Waals surface area contributed by atoms with Crippen LogP contribution in [0.25, 0.3) is 10.9 Å². The number of likely N-dealkylation sites (tertiary alicyclic amines) is 1. The first-order chi connectivity index (χ1) is 22.3. The van der Waals surface area contributed by atoms with Gasteiger partial charge < -0.3 is 30.2 Å². The largest absolute Gasteiger partial charge is 0.454 e. The van der Waals surface area contributed by atoms with Gasteiger partial charge in [0.25, 0.3) is 5.91 Å². The van der Waals surface area contributed by atoms with Crippen LogP contribution >= 0.6 is 0 Å².